The molecule has 1 saturated heterocycles. The summed E-state index contributed by atoms with van der Waals surface area (Å²) in [7, 11) is 0. The molecule has 128 valence electrons. The lowest BCUT2D eigenvalue weighted by Gasteiger charge is -2.36. The van der Waals surface area contributed by atoms with E-state index in [0.29, 0.717) is 38.4 Å². The van der Waals surface area contributed by atoms with Gasteiger partial charge in [0.15, 0.2) is 0 Å². The van der Waals surface area contributed by atoms with Gasteiger partial charge >= 0.3 is 12.2 Å². The first-order chi connectivity index (χ1) is 10.9. The van der Waals surface area contributed by atoms with E-state index in [0.717, 1.165) is 25.0 Å². The lowest BCUT2D eigenvalue weighted by Crippen LogP contribution is -2.52. The Kier molecular flexibility index (Phi) is 5.74. The average molecular weight is 329 g/mol. The molecule has 0 bridgehead atoms. The van der Waals surface area contributed by atoms with E-state index in [4.69, 9.17) is 0 Å². The summed E-state index contributed by atoms with van der Waals surface area (Å²) in [5.41, 5.74) is -0.0967. The lowest BCUT2D eigenvalue weighted by atomic mass is 10.1. The number of urea groups is 1. The number of nitrogens with zero attached hydrogens (tertiary/aromatic N) is 2. The summed E-state index contributed by atoms with van der Waals surface area (Å²) in [5, 5.41) is 2.86. The number of piperazine rings is 1. The van der Waals surface area contributed by atoms with E-state index in [1.54, 1.807) is 11.0 Å². The van der Waals surface area contributed by atoms with Gasteiger partial charge in [-0.3, -0.25) is 0 Å². The second-order valence-corrected chi connectivity index (χ2v) is 5.61. The number of carbonyl (C=O) groups is 1. The fourth-order valence-electron chi connectivity index (χ4n) is 2.53. The smallest absolute Gasteiger partial charge is 0.368 e. The van der Waals surface area contributed by atoms with Crippen molar-refractivity contribution in [2.45, 2.75) is 25.9 Å². The molecule has 0 aliphatic carbocycles. The van der Waals surface area contributed by atoms with Crippen LogP contribution in [0.1, 0.15) is 25.3 Å². The monoisotopic (exact) mass is 329 g/mol. The quantitative estimate of drug-likeness (QED) is 0.860. The van der Waals surface area contributed by atoms with Crippen molar-refractivity contribution in [2.75, 3.05) is 37.6 Å². The Morgan fingerprint density at radius 2 is 1.91 bits per heavy atom. The predicted molar refractivity (Wildman–Crippen MR) is 83.5 cm³/mol. The third-order valence-electron chi connectivity index (χ3n) is 3.91. The van der Waals surface area contributed by atoms with Gasteiger partial charge in [-0.1, -0.05) is 19.4 Å². The number of rotatable bonds is 4. The van der Waals surface area contributed by atoms with E-state index < -0.39 is 11.7 Å². The highest BCUT2D eigenvalue weighted by Gasteiger charge is 2.31. The Balaban J connectivity index is 1.90. The highest BCUT2D eigenvalue weighted by atomic mass is 19.4. The molecular weight excluding hydrogens is 307 g/mol. The summed E-state index contributed by atoms with van der Waals surface area (Å²) < 4.78 is 38.3. The summed E-state index contributed by atoms with van der Waals surface area (Å²) in [5.74, 6) is 0. The number of carbonyl (C=O) groups excluding carboxylic acids is 1. The van der Waals surface area contributed by atoms with Crippen molar-refractivity contribution < 1.29 is 18.0 Å². The highest BCUT2D eigenvalue weighted by Crippen LogP contribution is 2.31. The third-order valence-corrected chi connectivity index (χ3v) is 3.91. The molecule has 2 amide bonds. The van der Waals surface area contributed by atoms with Crippen LogP contribution in [0.5, 0.6) is 0 Å². The van der Waals surface area contributed by atoms with Crippen molar-refractivity contribution in [3.05, 3.63) is 29.8 Å². The van der Waals surface area contributed by atoms with Gasteiger partial charge in [-0.25, -0.2) is 4.79 Å². The van der Waals surface area contributed by atoms with Crippen molar-refractivity contribution >= 4 is 11.7 Å². The summed E-state index contributed by atoms with van der Waals surface area (Å²) in [6.07, 6.45) is -2.38. The van der Waals surface area contributed by atoms with E-state index in [9.17, 15) is 18.0 Å². The van der Waals surface area contributed by atoms with Crippen LogP contribution < -0.4 is 10.2 Å². The molecule has 7 heteroatoms. The second-order valence-electron chi connectivity index (χ2n) is 5.61. The van der Waals surface area contributed by atoms with Gasteiger partial charge in [-0.15, -0.1) is 0 Å². The summed E-state index contributed by atoms with van der Waals surface area (Å²) in [4.78, 5) is 15.5. The molecular formula is C16H22F3N3O. The Hall–Kier alpha value is -1.92. The van der Waals surface area contributed by atoms with Gasteiger partial charge in [0.2, 0.25) is 0 Å². The molecule has 0 radical (unpaired) electrons. The molecule has 0 unspecified atom stereocenters. The number of amides is 2. The van der Waals surface area contributed by atoms with E-state index in [-0.39, 0.29) is 6.03 Å². The maximum atomic E-state index is 12.8. The number of hydrogen-bond acceptors (Lipinski definition) is 2. The van der Waals surface area contributed by atoms with E-state index in [2.05, 4.69) is 12.2 Å². The summed E-state index contributed by atoms with van der Waals surface area (Å²) in [6, 6.07) is 5.23. The van der Waals surface area contributed by atoms with Gasteiger partial charge in [0.1, 0.15) is 0 Å². The fraction of sp³-hybridized carbons (Fsp3) is 0.562. The maximum absolute atomic E-state index is 12.8. The fourth-order valence-corrected chi connectivity index (χ4v) is 2.53. The lowest BCUT2D eigenvalue weighted by molar-refractivity contribution is -0.137. The Labute approximate surface area is 134 Å². The second kappa shape index (κ2) is 7.57. The number of benzene rings is 1. The molecule has 2 rings (SSSR count). The molecule has 1 aliphatic rings. The first-order valence-corrected chi connectivity index (χ1v) is 7.87. The Morgan fingerprint density at radius 3 is 2.52 bits per heavy atom. The zero-order chi connectivity index (χ0) is 16.9. The maximum Gasteiger partial charge on any atom is 0.416 e. The molecule has 0 saturated carbocycles. The van der Waals surface area contributed by atoms with Gasteiger partial charge in [0, 0.05) is 38.4 Å². The number of unbranched alkanes of at least 4 members (excludes halogenated alkanes) is 1. The molecule has 0 atom stereocenters. The van der Waals surface area contributed by atoms with Gasteiger partial charge in [0.05, 0.1) is 5.56 Å². The van der Waals surface area contributed by atoms with Crippen molar-refractivity contribution in [1.82, 2.24) is 10.2 Å². The van der Waals surface area contributed by atoms with Crippen LogP contribution in [0.3, 0.4) is 0 Å². The van der Waals surface area contributed by atoms with Crippen LogP contribution in [0.15, 0.2) is 24.3 Å². The number of alkyl halides is 3. The first-order valence-electron chi connectivity index (χ1n) is 7.87. The third kappa shape index (κ3) is 4.77. The number of anilines is 1. The van der Waals surface area contributed by atoms with Crippen LogP contribution in [0, 0.1) is 0 Å². The van der Waals surface area contributed by atoms with Gasteiger partial charge in [-0.05, 0) is 24.6 Å². The molecule has 1 aliphatic heterocycles. The number of nitrogens with one attached hydrogen (secondary N) is 1. The molecule has 0 aromatic heterocycles. The molecule has 1 aromatic carbocycles. The van der Waals surface area contributed by atoms with Crippen molar-refractivity contribution in [2.24, 2.45) is 0 Å². The van der Waals surface area contributed by atoms with Gasteiger partial charge in [0.25, 0.3) is 0 Å². The number of hydrogen-bond donors (Lipinski definition) is 1. The van der Waals surface area contributed by atoms with E-state index in [1.807, 2.05) is 4.90 Å². The van der Waals surface area contributed by atoms with E-state index >= 15 is 0 Å². The van der Waals surface area contributed by atoms with Gasteiger partial charge < -0.3 is 15.1 Å². The SMILES string of the molecule is CCCCNC(=O)N1CCN(c2cccc(C(F)(F)F)c2)CC1. The minimum Gasteiger partial charge on any atom is -0.368 e. The van der Waals surface area contributed by atoms with E-state index in [1.165, 1.54) is 6.07 Å². The zero-order valence-electron chi connectivity index (χ0n) is 13.2. The molecule has 1 heterocycles. The molecule has 23 heavy (non-hydrogen) atoms. The van der Waals surface area contributed by atoms with Crippen LogP contribution in [0.25, 0.3) is 0 Å². The van der Waals surface area contributed by atoms with Crippen LogP contribution in [0.4, 0.5) is 23.7 Å². The van der Waals surface area contributed by atoms with Crippen LogP contribution >= 0.6 is 0 Å². The standard InChI is InChI=1S/C16H22F3N3O/c1-2-3-7-20-15(23)22-10-8-21(9-11-22)14-6-4-5-13(12-14)16(17,18)19/h4-6,12H,2-3,7-11H2,1H3,(H,20,23). The normalized spacial score (nSPS) is 15.7. The molecule has 0 spiro atoms. The van der Waals surface area contributed by atoms with Crippen molar-refractivity contribution in [1.29, 1.82) is 0 Å². The van der Waals surface area contributed by atoms with Crippen LogP contribution in [-0.2, 0) is 6.18 Å². The average Bonchev–Trinajstić information content (AvgIpc) is 2.54. The van der Waals surface area contributed by atoms with Crippen molar-refractivity contribution in [3.8, 4) is 0 Å². The largest absolute Gasteiger partial charge is 0.416 e. The van der Waals surface area contributed by atoms with Crippen LogP contribution in [0.2, 0.25) is 0 Å². The molecule has 1 N–H and O–H groups in total. The topological polar surface area (TPSA) is 35.6 Å². The number of halogens is 3. The highest BCUT2D eigenvalue weighted by molar-refractivity contribution is 5.74. The Bertz CT molecular complexity index is 526. The predicted octanol–water partition coefficient (Wildman–Crippen LogP) is 3.34. The van der Waals surface area contributed by atoms with Crippen molar-refractivity contribution in [3.63, 3.8) is 0 Å². The molecule has 1 aromatic rings. The summed E-state index contributed by atoms with van der Waals surface area (Å²) in [6.45, 7) is 4.79. The van der Waals surface area contributed by atoms with Gasteiger partial charge in [-0.2, -0.15) is 13.2 Å². The minimum absolute atomic E-state index is 0.0952. The summed E-state index contributed by atoms with van der Waals surface area (Å²) >= 11 is 0. The first kappa shape index (κ1) is 17.4. The minimum atomic E-state index is -4.34. The van der Waals surface area contributed by atoms with Crippen LogP contribution in [-0.4, -0.2) is 43.7 Å². The molecule has 1 fully saturated rings. The molecule has 4 nitrogen and oxygen atoms in total. The zero-order valence-corrected chi connectivity index (χ0v) is 13.2. The Morgan fingerprint density at radius 1 is 1.22 bits per heavy atom.